The number of furan rings is 1. The second-order valence-corrected chi connectivity index (χ2v) is 4.62. The first-order valence-corrected chi connectivity index (χ1v) is 6.72. The van der Waals surface area contributed by atoms with E-state index in [-0.39, 0.29) is 23.5 Å². The molecule has 0 aliphatic heterocycles. The van der Waals surface area contributed by atoms with Crippen LogP contribution in [-0.2, 0) is 4.74 Å². The largest absolute Gasteiger partial charge is 0.456 e. The highest BCUT2D eigenvalue weighted by molar-refractivity contribution is 5.78. The lowest BCUT2D eigenvalue weighted by Crippen LogP contribution is -2.28. The first-order chi connectivity index (χ1) is 9.17. The third-order valence-corrected chi connectivity index (χ3v) is 3.20. The topological polar surface area (TPSA) is 48.4 Å². The summed E-state index contributed by atoms with van der Waals surface area (Å²) >= 11 is 0. The highest BCUT2D eigenvalue weighted by Crippen LogP contribution is 2.28. The number of benzene rings is 1. The summed E-state index contributed by atoms with van der Waals surface area (Å²) in [6, 6.07) is 6.28. The number of para-hydroxylation sites is 1. The van der Waals surface area contributed by atoms with Crippen LogP contribution in [-0.4, -0.2) is 12.7 Å². The minimum absolute atomic E-state index is 0.0985. The summed E-state index contributed by atoms with van der Waals surface area (Å²) in [5, 5.41) is 0.734. The van der Waals surface area contributed by atoms with Gasteiger partial charge >= 0.3 is 0 Å². The van der Waals surface area contributed by atoms with Gasteiger partial charge in [-0.3, -0.25) is 0 Å². The van der Waals surface area contributed by atoms with E-state index in [1.54, 1.807) is 12.1 Å². The molecule has 2 aromatic rings. The van der Waals surface area contributed by atoms with E-state index in [1.807, 2.05) is 13.0 Å². The van der Waals surface area contributed by atoms with Crippen LogP contribution >= 0.6 is 0 Å². The molecule has 2 unspecified atom stereocenters. The van der Waals surface area contributed by atoms with Crippen molar-refractivity contribution >= 4 is 11.0 Å². The lowest BCUT2D eigenvalue weighted by molar-refractivity contribution is 0.0329. The number of nitrogens with two attached hydrogens (primary N) is 1. The van der Waals surface area contributed by atoms with Crippen molar-refractivity contribution in [3.05, 3.63) is 35.8 Å². The molecule has 0 bridgehead atoms. The number of hydrogen-bond donors (Lipinski definition) is 1. The average molecular weight is 265 g/mol. The summed E-state index contributed by atoms with van der Waals surface area (Å²) in [7, 11) is 0. The van der Waals surface area contributed by atoms with Gasteiger partial charge in [-0.15, -0.1) is 0 Å². The van der Waals surface area contributed by atoms with Crippen LogP contribution < -0.4 is 5.73 Å². The van der Waals surface area contributed by atoms with Crippen LogP contribution in [0.3, 0.4) is 0 Å². The zero-order valence-corrected chi connectivity index (χ0v) is 11.4. The maximum atomic E-state index is 13.6. The first kappa shape index (κ1) is 14.0. The molecule has 2 N–H and O–H groups in total. The Bertz CT molecular complexity index is 532. The molecule has 0 aliphatic rings. The van der Waals surface area contributed by atoms with E-state index in [0.29, 0.717) is 12.4 Å². The summed E-state index contributed by atoms with van der Waals surface area (Å²) in [6.45, 7) is 4.62. The summed E-state index contributed by atoms with van der Waals surface area (Å²) in [4.78, 5) is 0. The van der Waals surface area contributed by atoms with E-state index in [9.17, 15) is 4.39 Å². The Hall–Kier alpha value is -1.39. The lowest BCUT2D eigenvalue weighted by atomic mass is 10.0. The minimum atomic E-state index is -0.369. The van der Waals surface area contributed by atoms with Gasteiger partial charge in [-0.25, -0.2) is 4.39 Å². The van der Waals surface area contributed by atoms with E-state index in [2.05, 4.69) is 6.92 Å². The molecule has 104 valence electrons. The van der Waals surface area contributed by atoms with Gasteiger partial charge in [-0.05, 0) is 25.5 Å². The molecular formula is C15H20FNO2. The maximum Gasteiger partial charge on any atom is 0.169 e. The molecule has 0 amide bonds. The molecule has 1 heterocycles. The van der Waals surface area contributed by atoms with E-state index < -0.39 is 0 Å². The molecule has 19 heavy (non-hydrogen) atoms. The minimum Gasteiger partial charge on any atom is -0.456 e. The Kier molecular flexibility index (Phi) is 4.56. The third-order valence-electron chi connectivity index (χ3n) is 3.20. The SMILES string of the molecule is CCCC(OCC)C(N)c1cc2cccc(F)c2o1. The monoisotopic (exact) mass is 265 g/mol. The Balaban J connectivity index is 2.29. The predicted molar refractivity (Wildman–Crippen MR) is 73.4 cm³/mol. The van der Waals surface area contributed by atoms with Crippen molar-refractivity contribution in [1.29, 1.82) is 0 Å². The fourth-order valence-corrected chi connectivity index (χ4v) is 2.26. The molecule has 1 aromatic heterocycles. The lowest BCUT2D eigenvalue weighted by Gasteiger charge is -2.21. The number of rotatable bonds is 6. The van der Waals surface area contributed by atoms with E-state index in [0.717, 1.165) is 18.2 Å². The second-order valence-electron chi connectivity index (χ2n) is 4.62. The molecule has 0 saturated heterocycles. The molecule has 2 rings (SSSR count). The predicted octanol–water partition coefficient (Wildman–Crippen LogP) is 3.78. The van der Waals surface area contributed by atoms with Gasteiger partial charge < -0.3 is 14.9 Å². The highest BCUT2D eigenvalue weighted by Gasteiger charge is 2.23. The van der Waals surface area contributed by atoms with E-state index in [4.69, 9.17) is 14.9 Å². The van der Waals surface area contributed by atoms with Crippen LogP contribution in [0.1, 0.15) is 38.5 Å². The van der Waals surface area contributed by atoms with Crippen molar-refractivity contribution in [2.24, 2.45) is 5.73 Å². The van der Waals surface area contributed by atoms with Crippen molar-refractivity contribution in [2.45, 2.75) is 38.8 Å². The van der Waals surface area contributed by atoms with Crippen LogP contribution in [0.5, 0.6) is 0 Å². The molecule has 0 radical (unpaired) electrons. The quantitative estimate of drug-likeness (QED) is 0.864. The van der Waals surface area contributed by atoms with Crippen LogP contribution in [0.4, 0.5) is 4.39 Å². The fraction of sp³-hybridized carbons (Fsp3) is 0.467. The molecule has 0 spiro atoms. The molecule has 4 heteroatoms. The fourth-order valence-electron chi connectivity index (χ4n) is 2.26. The van der Waals surface area contributed by atoms with Crippen molar-refractivity contribution in [3.63, 3.8) is 0 Å². The van der Waals surface area contributed by atoms with Gasteiger partial charge in [0.25, 0.3) is 0 Å². The van der Waals surface area contributed by atoms with Crippen LogP contribution in [0, 0.1) is 5.82 Å². The van der Waals surface area contributed by atoms with E-state index >= 15 is 0 Å². The van der Waals surface area contributed by atoms with Gasteiger partial charge in [0.1, 0.15) is 5.76 Å². The molecule has 0 saturated carbocycles. The third kappa shape index (κ3) is 2.96. The standard InChI is InChI=1S/C15H20FNO2/c1-3-6-12(18-4-2)14(17)13-9-10-7-5-8-11(16)15(10)19-13/h5,7-9,12,14H,3-4,6,17H2,1-2H3. The normalized spacial score (nSPS) is 14.7. The number of hydrogen-bond acceptors (Lipinski definition) is 3. The Labute approximate surface area is 112 Å². The number of ether oxygens (including phenoxy) is 1. The van der Waals surface area contributed by atoms with Crippen molar-refractivity contribution < 1.29 is 13.5 Å². The Morgan fingerprint density at radius 1 is 1.37 bits per heavy atom. The Morgan fingerprint density at radius 3 is 2.79 bits per heavy atom. The zero-order chi connectivity index (χ0) is 13.8. The van der Waals surface area contributed by atoms with Gasteiger partial charge in [-0.1, -0.05) is 25.5 Å². The van der Waals surface area contributed by atoms with Gasteiger partial charge in [0.15, 0.2) is 11.4 Å². The van der Waals surface area contributed by atoms with Crippen LogP contribution in [0.25, 0.3) is 11.0 Å². The van der Waals surface area contributed by atoms with Crippen molar-refractivity contribution in [2.75, 3.05) is 6.61 Å². The van der Waals surface area contributed by atoms with Gasteiger partial charge in [0.2, 0.25) is 0 Å². The number of halogens is 1. The molecule has 3 nitrogen and oxygen atoms in total. The summed E-state index contributed by atoms with van der Waals surface area (Å²) < 4.78 is 24.8. The molecule has 0 fully saturated rings. The molecule has 2 atom stereocenters. The van der Waals surface area contributed by atoms with Crippen molar-refractivity contribution in [1.82, 2.24) is 0 Å². The molecule has 1 aromatic carbocycles. The van der Waals surface area contributed by atoms with E-state index in [1.165, 1.54) is 6.07 Å². The highest BCUT2D eigenvalue weighted by atomic mass is 19.1. The molecular weight excluding hydrogens is 245 g/mol. The second kappa shape index (κ2) is 6.17. The summed E-state index contributed by atoms with van der Waals surface area (Å²) in [5.74, 6) is 0.214. The summed E-state index contributed by atoms with van der Waals surface area (Å²) in [5.41, 5.74) is 6.45. The van der Waals surface area contributed by atoms with Gasteiger partial charge in [0.05, 0.1) is 12.1 Å². The van der Waals surface area contributed by atoms with Gasteiger partial charge in [-0.2, -0.15) is 0 Å². The zero-order valence-electron chi connectivity index (χ0n) is 11.4. The molecule has 0 aliphatic carbocycles. The number of fused-ring (bicyclic) bond motifs is 1. The first-order valence-electron chi connectivity index (χ1n) is 6.72. The van der Waals surface area contributed by atoms with Crippen LogP contribution in [0.15, 0.2) is 28.7 Å². The maximum absolute atomic E-state index is 13.6. The van der Waals surface area contributed by atoms with Crippen molar-refractivity contribution in [3.8, 4) is 0 Å². The average Bonchev–Trinajstić information content (AvgIpc) is 2.83. The Morgan fingerprint density at radius 2 is 2.16 bits per heavy atom. The summed E-state index contributed by atoms with van der Waals surface area (Å²) in [6.07, 6.45) is 1.74. The smallest absolute Gasteiger partial charge is 0.169 e. The van der Waals surface area contributed by atoms with Crippen LogP contribution in [0.2, 0.25) is 0 Å². The van der Waals surface area contributed by atoms with Gasteiger partial charge in [0, 0.05) is 12.0 Å².